The Balaban J connectivity index is 1.49. The van der Waals surface area contributed by atoms with Crippen molar-refractivity contribution in [1.29, 1.82) is 0 Å². The van der Waals surface area contributed by atoms with Gasteiger partial charge in [-0.05, 0) is 72.6 Å². The molecule has 0 fully saturated rings. The first kappa shape index (κ1) is 27.1. The first-order valence-electron chi connectivity index (χ1n) is 13.9. The second kappa shape index (κ2) is 11.4. The van der Waals surface area contributed by atoms with Crippen LogP contribution in [0.3, 0.4) is 0 Å². The van der Waals surface area contributed by atoms with Gasteiger partial charge in [-0.2, -0.15) is 0 Å². The van der Waals surface area contributed by atoms with Gasteiger partial charge in [0, 0.05) is 32.8 Å². The van der Waals surface area contributed by atoms with Crippen molar-refractivity contribution in [1.82, 2.24) is 9.13 Å². The summed E-state index contributed by atoms with van der Waals surface area (Å²) in [5.74, 6) is 0. The summed E-state index contributed by atoms with van der Waals surface area (Å²) >= 11 is 0. The van der Waals surface area contributed by atoms with Gasteiger partial charge < -0.3 is 19.2 Å². The zero-order chi connectivity index (χ0) is 29.2. The van der Waals surface area contributed by atoms with Crippen LogP contribution in [0.1, 0.15) is 12.5 Å². The van der Waals surface area contributed by atoms with E-state index in [1.54, 1.807) is 18.2 Å². The third-order valence-electron chi connectivity index (χ3n) is 7.69. The minimum atomic E-state index is -1.49. The molecule has 42 heavy (non-hydrogen) atoms. The molecule has 0 radical (unpaired) electrons. The van der Waals surface area contributed by atoms with E-state index in [1.807, 2.05) is 30.4 Å². The van der Waals surface area contributed by atoms with E-state index in [9.17, 15) is 10.0 Å². The van der Waals surface area contributed by atoms with Gasteiger partial charge in [0.15, 0.2) is 0 Å². The summed E-state index contributed by atoms with van der Waals surface area (Å²) in [6.07, 6.45) is 14.2. The third-order valence-corrected chi connectivity index (χ3v) is 7.69. The average Bonchev–Trinajstić information content (AvgIpc) is 3.52. The molecule has 5 heteroatoms. The molecule has 0 unspecified atom stereocenters. The van der Waals surface area contributed by atoms with Crippen molar-refractivity contribution >= 4 is 69.2 Å². The molecule has 4 nitrogen and oxygen atoms in total. The van der Waals surface area contributed by atoms with E-state index >= 15 is 0 Å². The van der Waals surface area contributed by atoms with Crippen LogP contribution < -0.4 is 16.0 Å². The largest absolute Gasteiger partial charge is 0.488 e. The van der Waals surface area contributed by atoms with Crippen LogP contribution in [0, 0.1) is 0 Å². The molecule has 0 aliphatic heterocycles. The Morgan fingerprint density at radius 2 is 1.48 bits per heavy atom. The lowest BCUT2D eigenvalue weighted by molar-refractivity contribution is 0.426. The van der Waals surface area contributed by atoms with Crippen molar-refractivity contribution in [2.75, 3.05) is 0 Å². The second-order valence-corrected chi connectivity index (χ2v) is 10.1. The predicted octanol–water partition coefficient (Wildman–Crippen LogP) is 5.93. The van der Waals surface area contributed by atoms with E-state index in [0.29, 0.717) is 5.46 Å². The van der Waals surface area contributed by atoms with Gasteiger partial charge in [-0.3, -0.25) is 0 Å². The first-order chi connectivity index (χ1) is 20.5. The fourth-order valence-electron chi connectivity index (χ4n) is 5.80. The highest BCUT2D eigenvalue weighted by Gasteiger charge is 2.14. The Bertz CT molecular complexity index is 2160. The Hall–Kier alpha value is -5.10. The molecule has 204 valence electrons. The van der Waals surface area contributed by atoms with Crippen LogP contribution in [-0.2, 0) is 0 Å². The SMILES string of the molecule is C=C/C=C(\C=C)n1c(=C/C=C/c2ccc3c(c2)c2ccccc2n3-c2ccc(B(O)O)cc2)/c(=C\C)c2ccccc21. The van der Waals surface area contributed by atoms with Crippen molar-refractivity contribution in [2.45, 2.75) is 6.92 Å². The minimum Gasteiger partial charge on any atom is -0.423 e. The zero-order valence-corrected chi connectivity index (χ0v) is 23.5. The number of para-hydroxylation sites is 2. The summed E-state index contributed by atoms with van der Waals surface area (Å²) < 4.78 is 4.43. The van der Waals surface area contributed by atoms with Crippen LogP contribution in [0.2, 0.25) is 0 Å². The number of hydrogen-bond acceptors (Lipinski definition) is 2. The highest BCUT2D eigenvalue weighted by atomic mass is 16.4. The Morgan fingerprint density at radius 1 is 0.786 bits per heavy atom. The number of allylic oxidation sites excluding steroid dienone is 5. The molecular formula is C37H31BN2O2. The molecule has 0 bridgehead atoms. The number of fused-ring (bicyclic) bond motifs is 4. The van der Waals surface area contributed by atoms with E-state index in [4.69, 9.17) is 0 Å². The third kappa shape index (κ3) is 4.65. The van der Waals surface area contributed by atoms with Crippen LogP contribution in [0.25, 0.3) is 62.3 Å². The molecule has 6 aromatic rings. The first-order valence-corrected chi connectivity index (χ1v) is 13.9. The second-order valence-electron chi connectivity index (χ2n) is 10.1. The van der Waals surface area contributed by atoms with Gasteiger partial charge in [0.1, 0.15) is 0 Å². The number of benzene rings is 4. The van der Waals surface area contributed by atoms with Crippen molar-refractivity contribution in [3.05, 3.63) is 145 Å². The summed E-state index contributed by atoms with van der Waals surface area (Å²) in [4.78, 5) is 0. The Morgan fingerprint density at radius 3 is 2.17 bits per heavy atom. The summed E-state index contributed by atoms with van der Waals surface area (Å²) in [5, 5.41) is 24.8. The van der Waals surface area contributed by atoms with Gasteiger partial charge in [0.25, 0.3) is 0 Å². The number of hydrogen-bond donors (Lipinski definition) is 2. The molecule has 0 amide bonds. The minimum absolute atomic E-state index is 0.464. The lowest BCUT2D eigenvalue weighted by Crippen LogP contribution is -2.29. The maximum atomic E-state index is 9.53. The quantitative estimate of drug-likeness (QED) is 0.193. The molecule has 4 aromatic carbocycles. The molecule has 0 saturated carbocycles. The maximum Gasteiger partial charge on any atom is 0.488 e. The smallest absolute Gasteiger partial charge is 0.423 e. The summed E-state index contributed by atoms with van der Waals surface area (Å²) in [7, 11) is -1.49. The molecule has 2 aromatic heterocycles. The zero-order valence-electron chi connectivity index (χ0n) is 23.5. The number of rotatable bonds is 7. The van der Waals surface area contributed by atoms with E-state index in [2.05, 4.69) is 114 Å². The van der Waals surface area contributed by atoms with Crippen LogP contribution in [-0.4, -0.2) is 26.3 Å². The average molecular weight is 546 g/mol. The molecule has 0 aliphatic rings. The Kier molecular flexibility index (Phi) is 7.36. The van der Waals surface area contributed by atoms with Gasteiger partial charge in [0.05, 0.1) is 21.9 Å². The van der Waals surface area contributed by atoms with E-state index in [1.165, 1.54) is 10.6 Å². The molecule has 2 N–H and O–H groups in total. The van der Waals surface area contributed by atoms with Crippen LogP contribution in [0.4, 0.5) is 0 Å². The van der Waals surface area contributed by atoms with Gasteiger partial charge >= 0.3 is 7.12 Å². The van der Waals surface area contributed by atoms with Crippen molar-refractivity contribution in [3.8, 4) is 5.69 Å². The topological polar surface area (TPSA) is 50.3 Å². The molecule has 0 aliphatic carbocycles. The number of aromatic nitrogens is 2. The van der Waals surface area contributed by atoms with Gasteiger partial charge in [0.2, 0.25) is 0 Å². The molecule has 0 spiro atoms. The standard InChI is InChI=1S/C37H31BN2O2/c1-4-12-28(5-2)39-34(30(6-3)31-14-7-9-16-35(31)39)18-11-13-26-19-24-37-33(25-26)32-15-8-10-17-36(32)40(37)29-22-20-27(21-23-29)38(41)42/h4-25,41-42H,1-2H2,3H3/b13-11+,28-12+,30-6-,34-18+. The highest BCUT2D eigenvalue weighted by Crippen LogP contribution is 2.32. The fraction of sp³-hybridized carbons (Fsp3) is 0.0270. The molecule has 0 saturated heterocycles. The fourth-order valence-corrected chi connectivity index (χ4v) is 5.80. The predicted molar refractivity (Wildman–Crippen MR) is 180 cm³/mol. The van der Waals surface area contributed by atoms with Crippen molar-refractivity contribution in [2.24, 2.45) is 0 Å². The van der Waals surface area contributed by atoms with E-state index in [-0.39, 0.29) is 0 Å². The number of nitrogens with zero attached hydrogens (tertiary/aromatic N) is 2. The summed E-state index contributed by atoms with van der Waals surface area (Å²) in [6, 6.07) is 30.6. The summed E-state index contributed by atoms with van der Waals surface area (Å²) in [5.41, 5.74) is 6.78. The normalized spacial score (nSPS) is 13.2. The summed E-state index contributed by atoms with van der Waals surface area (Å²) in [6.45, 7) is 10.0. The lowest BCUT2D eigenvalue weighted by atomic mass is 9.80. The highest BCUT2D eigenvalue weighted by molar-refractivity contribution is 6.58. The molecule has 2 heterocycles. The van der Waals surface area contributed by atoms with Crippen LogP contribution in [0.5, 0.6) is 0 Å². The van der Waals surface area contributed by atoms with Crippen LogP contribution in [0.15, 0.2) is 128 Å². The van der Waals surface area contributed by atoms with Gasteiger partial charge in [-0.1, -0.05) is 92.1 Å². The van der Waals surface area contributed by atoms with E-state index in [0.717, 1.165) is 49.6 Å². The molecular weight excluding hydrogens is 515 g/mol. The van der Waals surface area contributed by atoms with Crippen LogP contribution >= 0.6 is 0 Å². The van der Waals surface area contributed by atoms with Gasteiger partial charge in [-0.15, -0.1) is 0 Å². The lowest BCUT2D eigenvalue weighted by Gasteiger charge is -2.09. The monoisotopic (exact) mass is 546 g/mol. The molecule has 0 atom stereocenters. The van der Waals surface area contributed by atoms with Crippen molar-refractivity contribution in [3.63, 3.8) is 0 Å². The van der Waals surface area contributed by atoms with E-state index < -0.39 is 7.12 Å². The maximum absolute atomic E-state index is 9.53. The van der Waals surface area contributed by atoms with Gasteiger partial charge in [-0.25, -0.2) is 0 Å². The molecule has 6 rings (SSSR count). The Labute approximate surface area is 245 Å². The van der Waals surface area contributed by atoms with Crippen molar-refractivity contribution < 1.29 is 10.0 Å².